The van der Waals surface area contributed by atoms with Crippen LogP contribution in [-0.4, -0.2) is 17.8 Å². The predicted molar refractivity (Wildman–Crippen MR) is 102 cm³/mol. The Morgan fingerprint density at radius 2 is 1.74 bits per heavy atom. The number of amides is 2. The minimum Gasteiger partial charge on any atom is -0.550 e. The van der Waals surface area contributed by atoms with Gasteiger partial charge >= 0.3 is 0 Å². The highest BCUT2D eigenvalue weighted by Crippen LogP contribution is 2.37. The Kier molecular flexibility index (Phi) is 5.62. The van der Waals surface area contributed by atoms with Gasteiger partial charge in [-0.25, -0.2) is 0 Å². The number of thiophene rings is 1. The number of benzene rings is 1. The number of rotatable bonds is 5. The summed E-state index contributed by atoms with van der Waals surface area (Å²) in [6.45, 7) is 0. The molecule has 0 fully saturated rings. The molecule has 2 amide bonds. The summed E-state index contributed by atoms with van der Waals surface area (Å²) in [5.41, 5.74) is 7.04. The Hall–Kier alpha value is -2.64. The van der Waals surface area contributed by atoms with E-state index in [1.807, 2.05) is 0 Å². The number of nitrogens with one attached hydrogen (secondary N) is 1. The maximum absolute atomic E-state index is 12.6. The molecule has 1 aromatic heterocycles. The average molecular weight is 404 g/mol. The summed E-state index contributed by atoms with van der Waals surface area (Å²) in [5.74, 6) is -4.08. The van der Waals surface area contributed by atoms with Crippen molar-refractivity contribution in [2.24, 2.45) is 17.6 Å². The zero-order valence-electron chi connectivity index (χ0n) is 14.1. The number of hydrogen-bond donors (Lipinski definition) is 2. The molecule has 0 saturated heterocycles. The smallest absolute Gasteiger partial charge is 0.252 e. The highest BCUT2D eigenvalue weighted by Gasteiger charge is 2.31. The molecule has 2 atom stereocenters. The third kappa shape index (κ3) is 4.04. The molecule has 3 rings (SSSR count). The Balaban J connectivity index is 1.90. The number of primary amides is 1. The highest BCUT2D eigenvalue weighted by molar-refractivity contribution is 7.15. The van der Waals surface area contributed by atoms with Crippen LogP contribution in [-0.2, 0) is 9.59 Å². The molecule has 1 heterocycles. The molecular formula is C19H16ClN2O4S-. The molecule has 1 aliphatic carbocycles. The summed E-state index contributed by atoms with van der Waals surface area (Å²) in [4.78, 5) is 36.0. The SMILES string of the molecule is NC(=O)c1c(-c2ccc(Cl)cc2)csc1NC(=O)[C@@H]1CC=CC[C@@H]1C(=O)[O-]. The fraction of sp³-hybridized carbons (Fsp3) is 0.211. The molecule has 3 N–H and O–H groups in total. The Morgan fingerprint density at radius 1 is 1.11 bits per heavy atom. The van der Waals surface area contributed by atoms with Gasteiger partial charge in [-0.3, -0.25) is 9.59 Å². The fourth-order valence-electron chi connectivity index (χ4n) is 3.11. The van der Waals surface area contributed by atoms with Crippen LogP contribution in [0.1, 0.15) is 23.2 Å². The molecule has 1 aromatic carbocycles. The summed E-state index contributed by atoms with van der Waals surface area (Å²) < 4.78 is 0. The van der Waals surface area contributed by atoms with E-state index < -0.39 is 29.6 Å². The van der Waals surface area contributed by atoms with Crippen molar-refractivity contribution in [2.45, 2.75) is 12.8 Å². The van der Waals surface area contributed by atoms with Gasteiger partial charge in [0.05, 0.1) is 11.5 Å². The first-order valence-corrected chi connectivity index (χ1v) is 9.48. The van der Waals surface area contributed by atoms with E-state index in [1.165, 1.54) is 0 Å². The van der Waals surface area contributed by atoms with Crippen LogP contribution in [0.2, 0.25) is 5.02 Å². The molecule has 0 spiro atoms. The molecule has 0 bridgehead atoms. The van der Waals surface area contributed by atoms with Crippen LogP contribution >= 0.6 is 22.9 Å². The van der Waals surface area contributed by atoms with Crippen molar-refractivity contribution in [2.75, 3.05) is 5.32 Å². The molecule has 2 aromatic rings. The first-order valence-electron chi connectivity index (χ1n) is 8.22. The minimum absolute atomic E-state index is 0.187. The number of aliphatic carboxylic acids is 1. The molecule has 27 heavy (non-hydrogen) atoms. The Labute approximate surface area is 164 Å². The second kappa shape index (κ2) is 7.94. The van der Waals surface area contributed by atoms with Crippen molar-refractivity contribution in [3.05, 3.63) is 52.4 Å². The van der Waals surface area contributed by atoms with Crippen LogP contribution in [0.5, 0.6) is 0 Å². The lowest BCUT2D eigenvalue weighted by Gasteiger charge is -2.28. The zero-order valence-corrected chi connectivity index (χ0v) is 15.7. The van der Waals surface area contributed by atoms with E-state index in [0.717, 1.165) is 16.9 Å². The molecule has 140 valence electrons. The van der Waals surface area contributed by atoms with Gasteiger partial charge in [0.2, 0.25) is 5.91 Å². The molecule has 1 aliphatic rings. The monoisotopic (exact) mass is 403 g/mol. The Morgan fingerprint density at radius 3 is 2.33 bits per heavy atom. The molecule has 8 heteroatoms. The maximum Gasteiger partial charge on any atom is 0.252 e. The normalized spacial score (nSPS) is 18.9. The average Bonchev–Trinajstić information content (AvgIpc) is 3.06. The van der Waals surface area contributed by atoms with Gasteiger partial charge in [0.15, 0.2) is 0 Å². The van der Waals surface area contributed by atoms with E-state index in [1.54, 1.807) is 41.8 Å². The van der Waals surface area contributed by atoms with E-state index in [-0.39, 0.29) is 12.0 Å². The van der Waals surface area contributed by atoms with E-state index in [0.29, 0.717) is 22.0 Å². The number of halogens is 1. The van der Waals surface area contributed by atoms with Gasteiger partial charge in [0, 0.05) is 27.9 Å². The zero-order chi connectivity index (χ0) is 19.6. The van der Waals surface area contributed by atoms with Gasteiger partial charge in [0.1, 0.15) is 5.00 Å². The number of nitrogens with two attached hydrogens (primary N) is 1. The van der Waals surface area contributed by atoms with Crippen molar-refractivity contribution in [3.63, 3.8) is 0 Å². The third-order valence-corrected chi connectivity index (χ3v) is 5.65. The first-order chi connectivity index (χ1) is 12.9. The number of carbonyl (C=O) groups is 3. The predicted octanol–water partition coefficient (Wildman–Crippen LogP) is 2.44. The lowest BCUT2D eigenvalue weighted by atomic mass is 9.82. The molecular weight excluding hydrogens is 388 g/mol. The van der Waals surface area contributed by atoms with E-state index in [4.69, 9.17) is 17.3 Å². The third-order valence-electron chi connectivity index (χ3n) is 4.50. The number of carbonyl (C=O) groups excluding carboxylic acids is 3. The minimum atomic E-state index is -1.26. The molecule has 0 radical (unpaired) electrons. The molecule has 0 unspecified atom stereocenters. The summed E-state index contributed by atoms with van der Waals surface area (Å²) in [6.07, 6.45) is 4.03. The van der Waals surface area contributed by atoms with Gasteiger partial charge in [-0.2, -0.15) is 0 Å². The van der Waals surface area contributed by atoms with E-state index in [9.17, 15) is 19.5 Å². The fourth-order valence-corrected chi connectivity index (χ4v) is 4.21. The van der Waals surface area contributed by atoms with Gasteiger partial charge in [-0.1, -0.05) is 35.9 Å². The number of allylic oxidation sites excluding steroid dienone is 2. The second-order valence-corrected chi connectivity index (χ2v) is 7.50. The summed E-state index contributed by atoms with van der Waals surface area (Å²) >= 11 is 7.05. The van der Waals surface area contributed by atoms with Crippen LogP contribution in [0, 0.1) is 11.8 Å². The van der Waals surface area contributed by atoms with Crippen LogP contribution < -0.4 is 16.2 Å². The topological polar surface area (TPSA) is 112 Å². The van der Waals surface area contributed by atoms with Crippen LogP contribution in [0.4, 0.5) is 5.00 Å². The van der Waals surface area contributed by atoms with Crippen molar-refractivity contribution in [1.82, 2.24) is 0 Å². The van der Waals surface area contributed by atoms with Crippen LogP contribution in [0.25, 0.3) is 11.1 Å². The van der Waals surface area contributed by atoms with Crippen molar-refractivity contribution in [3.8, 4) is 11.1 Å². The number of carboxylic acid groups (broad SMARTS) is 1. The van der Waals surface area contributed by atoms with Crippen LogP contribution in [0.3, 0.4) is 0 Å². The quantitative estimate of drug-likeness (QED) is 0.746. The summed E-state index contributed by atoms with van der Waals surface area (Å²) in [7, 11) is 0. The second-order valence-electron chi connectivity index (χ2n) is 6.19. The van der Waals surface area contributed by atoms with E-state index in [2.05, 4.69) is 5.32 Å². The summed E-state index contributed by atoms with van der Waals surface area (Å²) in [5, 5.41) is 16.6. The maximum atomic E-state index is 12.6. The number of carboxylic acids is 1. The van der Waals surface area contributed by atoms with E-state index >= 15 is 0 Å². The highest BCUT2D eigenvalue weighted by atomic mass is 35.5. The number of hydrogen-bond acceptors (Lipinski definition) is 5. The number of anilines is 1. The van der Waals surface area contributed by atoms with Gasteiger partial charge < -0.3 is 21.0 Å². The van der Waals surface area contributed by atoms with Crippen molar-refractivity contribution < 1.29 is 19.5 Å². The van der Waals surface area contributed by atoms with Crippen LogP contribution in [0.15, 0.2) is 41.8 Å². The molecule has 6 nitrogen and oxygen atoms in total. The molecule has 0 aliphatic heterocycles. The van der Waals surface area contributed by atoms with Crippen molar-refractivity contribution in [1.29, 1.82) is 0 Å². The Bertz CT molecular complexity index is 920. The summed E-state index contributed by atoms with van der Waals surface area (Å²) in [6, 6.07) is 6.88. The van der Waals surface area contributed by atoms with Gasteiger partial charge in [0.25, 0.3) is 5.91 Å². The van der Waals surface area contributed by atoms with Crippen molar-refractivity contribution >= 4 is 45.7 Å². The lowest BCUT2D eigenvalue weighted by molar-refractivity contribution is -0.313. The largest absolute Gasteiger partial charge is 0.550 e. The van der Waals surface area contributed by atoms with Gasteiger partial charge in [-0.05, 0) is 30.5 Å². The van der Waals surface area contributed by atoms with Gasteiger partial charge in [-0.15, -0.1) is 11.3 Å². The standard InChI is InChI=1S/C19H17ClN2O4S/c20-11-7-5-10(6-8-11)14-9-27-18(15(14)16(21)23)22-17(24)12-3-1-2-4-13(12)19(25)26/h1-2,5-9,12-13H,3-4H2,(H2,21,23)(H,22,24)(H,25,26)/p-1/t12-,13+/m1/s1. The lowest BCUT2D eigenvalue weighted by Crippen LogP contribution is -2.41. The molecule has 0 saturated carbocycles. The first kappa shape index (κ1) is 19.1.